The average molecular weight is 466 g/mol. The summed E-state index contributed by atoms with van der Waals surface area (Å²) in [6.45, 7) is 2.77. The zero-order valence-electron chi connectivity index (χ0n) is 19.1. The Morgan fingerprint density at radius 3 is 2.71 bits per heavy atom. The summed E-state index contributed by atoms with van der Waals surface area (Å²) in [6.07, 6.45) is 1.56. The minimum atomic E-state index is 0.162. The second kappa shape index (κ2) is 9.19. The molecule has 0 amide bonds. The molecule has 2 aliphatic heterocycles. The van der Waals surface area contributed by atoms with Gasteiger partial charge in [-0.15, -0.1) is 11.8 Å². The van der Waals surface area contributed by atoms with Crippen molar-refractivity contribution in [2.45, 2.75) is 23.7 Å². The maximum atomic E-state index is 13.4. The van der Waals surface area contributed by atoms with Gasteiger partial charge in [-0.1, -0.05) is 60.7 Å². The first-order chi connectivity index (χ1) is 16.7. The molecule has 0 saturated carbocycles. The second-order valence-corrected chi connectivity index (χ2v) is 10.3. The van der Waals surface area contributed by atoms with Gasteiger partial charge in [-0.25, -0.2) is 0 Å². The van der Waals surface area contributed by atoms with Crippen LogP contribution in [0, 0.1) is 0 Å². The lowest BCUT2D eigenvalue weighted by atomic mass is 9.98. The van der Waals surface area contributed by atoms with Crippen molar-refractivity contribution < 1.29 is 9.53 Å². The van der Waals surface area contributed by atoms with Crippen molar-refractivity contribution in [3.8, 4) is 5.75 Å². The van der Waals surface area contributed by atoms with Gasteiger partial charge in [0.1, 0.15) is 5.75 Å². The predicted octanol–water partition coefficient (Wildman–Crippen LogP) is 6.74. The largest absolute Gasteiger partial charge is 0.492 e. The summed E-state index contributed by atoms with van der Waals surface area (Å²) < 4.78 is 5.79. The van der Waals surface area contributed by atoms with E-state index in [-0.39, 0.29) is 5.78 Å². The van der Waals surface area contributed by atoms with E-state index in [4.69, 9.17) is 4.74 Å². The molecule has 0 radical (unpaired) electrons. The molecule has 1 atom stereocenters. The smallest absolute Gasteiger partial charge is 0.167 e. The quantitative estimate of drug-likeness (QED) is 0.305. The fraction of sp³-hybridized carbons (Fsp3) is 0.233. The van der Waals surface area contributed by atoms with Gasteiger partial charge in [0.2, 0.25) is 0 Å². The maximum absolute atomic E-state index is 13.4. The number of thioether (sulfide) groups is 1. The van der Waals surface area contributed by atoms with Crippen LogP contribution in [-0.4, -0.2) is 31.2 Å². The van der Waals surface area contributed by atoms with Gasteiger partial charge in [-0.2, -0.15) is 0 Å². The minimum Gasteiger partial charge on any atom is -0.492 e. The van der Waals surface area contributed by atoms with Crippen molar-refractivity contribution >= 4 is 34.0 Å². The van der Waals surface area contributed by atoms with E-state index in [0.29, 0.717) is 12.3 Å². The van der Waals surface area contributed by atoms with Crippen molar-refractivity contribution in [3.05, 3.63) is 102 Å². The third kappa shape index (κ3) is 4.19. The number of hydrogen-bond donors (Lipinski definition) is 0. The fourth-order valence-electron chi connectivity index (χ4n) is 5.18. The monoisotopic (exact) mass is 465 g/mol. The molecule has 2 heterocycles. The highest BCUT2D eigenvalue weighted by atomic mass is 32.2. The van der Waals surface area contributed by atoms with E-state index in [1.807, 2.05) is 36.0 Å². The first-order valence-electron chi connectivity index (χ1n) is 12.0. The molecule has 1 saturated heterocycles. The highest BCUT2D eigenvalue weighted by Crippen LogP contribution is 2.37. The predicted molar refractivity (Wildman–Crippen MR) is 141 cm³/mol. The number of ketones is 1. The lowest BCUT2D eigenvalue weighted by Gasteiger charge is -2.22. The lowest BCUT2D eigenvalue weighted by molar-refractivity contribution is 0.0993. The molecular formula is C30H27NO2S. The van der Waals surface area contributed by atoms with Crippen molar-refractivity contribution in [1.82, 2.24) is 0 Å². The molecule has 170 valence electrons. The van der Waals surface area contributed by atoms with Crippen LogP contribution in [0.4, 0.5) is 5.69 Å². The minimum absolute atomic E-state index is 0.162. The van der Waals surface area contributed by atoms with E-state index in [1.54, 1.807) is 0 Å². The Morgan fingerprint density at radius 1 is 0.941 bits per heavy atom. The van der Waals surface area contributed by atoms with E-state index >= 15 is 0 Å². The zero-order valence-corrected chi connectivity index (χ0v) is 19.9. The molecule has 4 aromatic rings. The van der Waals surface area contributed by atoms with Gasteiger partial charge in [-0.3, -0.25) is 4.79 Å². The van der Waals surface area contributed by atoms with Crippen LogP contribution in [0.3, 0.4) is 0 Å². The summed E-state index contributed by atoms with van der Waals surface area (Å²) in [5.74, 6) is 2.62. The highest BCUT2D eigenvalue weighted by Gasteiger charge is 2.25. The van der Waals surface area contributed by atoms with Crippen LogP contribution in [0.2, 0.25) is 0 Å². The van der Waals surface area contributed by atoms with Crippen LogP contribution < -0.4 is 9.64 Å². The van der Waals surface area contributed by atoms with Crippen molar-refractivity contribution in [2.75, 3.05) is 30.3 Å². The number of fused-ring (bicyclic) bond motifs is 2. The molecule has 0 N–H and O–H groups in total. The number of rotatable bonds is 5. The lowest BCUT2D eigenvalue weighted by Crippen LogP contribution is -2.21. The normalized spacial score (nSPS) is 17.4. The Bertz CT molecular complexity index is 1350. The third-order valence-electron chi connectivity index (χ3n) is 6.97. The summed E-state index contributed by atoms with van der Waals surface area (Å²) in [6, 6.07) is 29.5. The SMILES string of the molecule is O=C(Cc1ccccc1N1CCC(c2ccccc2)C1)c1ccc2cc3c(cc2c1)SCCO3. The second-order valence-electron chi connectivity index (χ2n) is 9.13. The molecule has 0 spiro atoms. The zero-order chi connectivity index (χ0) is 22.9. The van der Waals surface area contributed by atoms with Crippen molar-refractivity contribution in [1.29, 1.82) is 0 Å². The van der Waals surface area contributed by atoms with E-state index in [1.165, 1.54) is 11.3 Å². The van der Waals surface area contributed by atoms with Crippen LogP contribution in [0.5, 0.6) is 5.75 Å². The molecule has 34 heavy (non-hydrogen) atoms. The molecule has 6 rings (SSSR count). The van der Waals surface area contributed by atoms with Gasteiger partial charge in [0.05, 0.1) is 11.5 Å². The van der Waals surface area contributed by atoms with E-state index < -0.39 is 0 Å². The molecule has 0 aromatic heterocycles. The first kappa shape index (κ1) is 21.3. The van der Waals surface area contributed by atoms with Crippen LogP contribution in [0.25, 0.3) is 10.8 Å². The van der Waals surface area contributed by atoms with Gasteiger partial charge >= 0.3 is 0 Å². The van der Waals surface area contributed by atoms with Gasteiger partial charge in [0.15, 0.2) is 5.78 Å². The third-order valence-corrected chi connectivity index (χ3v) is 7.97. The molecule has 1 unspecified atom stereocenters. The van der Waals surface area contributed by atoms with Crippen LogP contribution in [0.1, 0.15) is 33.8 Å². The Labute approximate surface area is 204 Å². The van der Waals surface area contributed by atoms with Gasteiger partial charge in [0, 0.05) is 42.4 Å². The number of carbonyl (C=O) groups excluding carboxylic acids is 1. The van der Waals surface area contributed by atoms with Crippen molar-refractivity contribution in [2.24, 2.45) is 0 Å². The number of para-hydroxylation sites is 1. The number of carbonyl (C=O) groups is 1. The van der Waals surface area contributed by atoms with Crippen molar-refractivity contribution in [3.63, 3.8) is 0 Å². The first-order valence-corrected chi connectivity index (χ1v) is 13.0. The van der Waals surface area contributed by atoms with Crippen LogP contribution in [-0.2, 0) is 6.42 Å². The van der Waals surface area contributed by atoms with Gasteiger partial charge < -0.3 is 9.64 Å². The van der Waals surface area contributed by atoms with E-state index in [0.717, 1.165) is 64.4 Å². The Kier molecular flexibility index (Phi) is 5.76. The Morgan fingerprint density at radius 2 is 1.79 bits per heavy atom. The van der Waals surface area contributed by atoms with Gasteiger partial charge in [-0.05, 0) is 52.6 Å². The number of nitrogens with zero attached hydrogens (tertiary/aromatic N) is 1. The molecule has 4 heteroatoms. The molecule has 1 fully saturated rings. The summed E-state index contributed by atoms with van der Waals surface area (Å²) in [5, 5.41) is 2.21. The molecular weight excluding hydrogens is 438 g/mol. The fourth-order valence-corrected chi connectivity index (χ4v) is 6.04. The highest BCUT2D eigenvalue weighted by molar-refractivity contribution is 7.99. The summed E-state index contributed by atoms with van der Waals surface area (Å²) in [4.78, 5) is 17.0. The number of Topliss-reactive ketones (excluding diaryl/α,β-unsaturated/α-hetero) is 1. The molecule has 0 aliphatic carbocycles. The number of ether oxygens (including phenoxy) is 1. The Hall–Kier alpha value is -3.24. The summed E-state index contributed by atoms with van der Waals surface area (Å²) in [7, 11) is 0. The number of anilines is 1. The molecule has 2 aliphatic rings. The standard InChI is InChI=1S/C30H27NO2S/c32-28(24-11-10-22-18-29-30(19-26(22)16-24)34-15-14-33-29)17-23-8-4-5-9-27(23)31-13-12-25(20-31)21-6-2-1-3-7-21/h1-11,16,18-19,25H,12-15,17,20H2. The number of benzene rings is 4. The topological polar surface area (TPSA) is 29.5 Å². The summed E-state index contributed by atoms with van der Waals surface area (Å²) >= 11 is 1.82. The molecule has 0 bridgehead atoms. The average Bonchev–Trinajstić information content (AvgIpc) is 3.38. The van der Waals surface area contributed by atoms with E-state index in [2.05, 4.69) is 65.6 Å². The molecule has 3 nitrogen and oxygen atoms in total. The summed E-state index contributed by atoms with van der Waals surface area (Å²) in [5.41, 5.74) is 4.47. The van der Waals surface area contributed by atoms with Crippen LogP contribution >= 0.6 is 11.8 Å². The van der Waals surface area contributed by atoms with Gasteiger partial charge in [0.25, 0.3) is 0 Å². The molecule has 4 aromatic carbocycles. The van der Waals surface area contributed by atoms with E-state index in [9.17, 15) is 4.79 Å². The van der Waals surface area contributed by atoms with Crippen LogP contribution in [0.15, 0.2) is 89.8 Å². The number of hydrogen-bond acceptors (Lipinski definition) is 4. The Balaban J connectivity index is 1.23. The maximum Gasteiger partial charge on any atom is 0.167 e.